The SMILES string of the molecule is COc1ccc(Cl)cc1-n1nc(CC#N)cc1C. The quantitative estimate of drug-likeness (QED) is 0.854. The van der Waals surface area contributed by atoms with Crippen molar-refractivity contribution in [2.45, 2.75) is 13.3 Å². The number of aromatic nitrogens is 2. The molecule has 2 aromatic rings. The van der Waals surface area contributed by atoms with Crippen LogP contribution < -0.4 is 4.74 Å². The van der Waals surface area contributed by atoms with Gasteiger partial charge in [-0.3, -0.25) is 0 Å². The number of hydrogen-bond donors (Lipinski definition) is 0. The number of aryl methyl sites for hydroxylation is 1. The molecule has 0 atom stereocenters. The molecule has 0 radical (unpaired) electrons. The summed E-state index contributed by atoms with van der Waals surface area (Å²) < 4.78 is 7.03. The van der Waals surface area contributed by atoms with Crippen LogP contribution in [0.1, 0.15) is 11.4 Å². The maximum Gasteiger partial charge on any atom is 0.144 e. The Morgan fingerprint density at radius 3 is 2.89 bits per heavy atom. The van der Waals surface area contributed by atoms with Crippen LogP contribution in [-0.2, 0) is 6.42 Å². The van der Waals surface area contributed by atoms with Crippen LogP contribution in [-0.4, -0.2) is 16.9 Å². The third-order valence-corrected chi connectivity index (χ3v) is 2.80. The van der Waals surface area contributed by atoms with Gasteiger partial charge < -0.3 is 4.74 Å². The lowest BCUT2D eigenvalue weighted by Gasteiger charge is -2.10. The minimum Gasteiger partial charge on any atom is -0.494 e. The standard InChI is InChI=1S/C13H12ClN3O/c1-9-7-11(5-6-15)16-17(9)12-8-10(14)3-4-13(12)18-2/h3-4,7-8H,5H2,1-2H3. The zero-order valence-corrected chi connectivity index (χ0v) is 10.9. The maximum absolute atomic E-state index is 8.69. The van der Waals surface area contributed by atoms with Gasteiger partial charge in [0.2, 0.25) is 0 Å². The average molecular weight is 262 g/mol. The molecule has 0 N–H and O–H groups in total. The molecule has 1 aromatic heterocycles. The van der Waals surface area contributed by atoms with Gasteiger partial charge in [-0.05, 0) is 31.2 Å². The molecule has 0 spiro atoms. The zero-order chi connectivity index (χ0) is 13.1. The van der Waals surface area contributed by atoms with Gasteiger partial charge in [-0.1, -0.05) is 11.6 Å². The van der Waals surface area contributed by atoms with E-state index in [9.17, 15) is 0 Å². The van der Waals surface area contributed by atoms with Gasteiger partial charge in [0.1, 0.15) is 11.4 Å². The Bertz CT molecular complexity index is 613. The van der Waals surface area contributed by atoms with E-state index in [2.05, 4.69) is 11.2 Å². The van der Waals surface area contributed by atoms with E-state index < -0.39 is 0 Å². The first kappa shape index (κ1) is 12.5. The van der Waals surface area contributed by atoms with Crippen molar-refractivity contribution in [3.63, 3.8) is 0 Å². The molecule has 2 rings (SSSR count). The minimum absolute atomic E-state index is 0.288. The first-order valence-corrected chi connectivity index (χ1v) is 5.80. The Balaban J connectivity index is 2.54. The fraction of sp³-hybridized carbons (Fsp3) is 0.231. The second kappa shape index (κ2) is 5.11. The van der Waals surface area contributed by atoms with Gasteiger partial charge in [-0.25, -0.2) is 4.68 Å². The van der Waals surface area contributed by atoms with Crippen LogP contribution in [0, 0.1) is 18.3 Å². The summed E-state index contributed by atoms with van der Waals surface area (Å²) in [4.78, 5) is 0. The molecule has 0 bridgehead atoms. The highest BCUT2D eigenvalue weighted by Crippen LogP contribution is 2.27. The van der Waals surface area contributed by atoms with Crippen molar-refractivity contribution in [2.24, 2.45) is 0 Å². The third-order valence-electron chi connectivity index (χ3n) is 2.57. The van der Waals surface area contributed by atoms with Gasteiger partial charge in [0.25, 0.3) is 0 Å². The Labute approximate surface area is 110 Å². The maximum atomic E-state index is 8.69. The first-order chi connectivity index (χ1) is 8.65. The Hall–Kier alpha value is -1.99. The van der Waals surface area contributed by atoms with Crippen LogP contribution >= 0.6 is 11.6 Å². The van der Waals surface area contributed by atoms with E-state index in [4.69, 9.17) is 21.6 Å². The number of rotatable bonds is 3. The zero-order valence-electron chi connectivity index (χ0n) is 10.1. The second-order valence-corrected chi connectivity index (χ2v) is 4.28. The lowest BCUT2D eigenvalue weighted by atomic mass is 10.3. The summed E-state index contributed by atoms with van der Waals surface area (Å²) in [6, 6.07) is 9.31. The van der Waals surface area contributed by atoms with Crippen LogP contribution in [0.25, 0.3) is 5.69 Å². The highest BCUT2D eigenvalue weighted by molar-refractivity contribution is 6.30. The van der Waals surface area contributed by atoms with Gasteiger partial charge in [0, 0.05) is 10.7 Å². The number of methoxy groups -OCH3 is 1. The minimum atomic E-state index is 0.288. The Morgan fingerprint density at radius 2 is 2.22 bits per heavy atom. The van der Waals surface area contributed by atoms with E-state index in [1.165, 1.54) is 0 Å². The van der Waals surface area contributed by atoms with E-state index in [-0.39, 0.29) is 6.42 Å². The van der Waals surface area contributed by atoms with Crippen molar-refractivity contribution in [1.29, 1.82) is 5.26 Å². The average Bonchev–Trinajstić information content (AvgIpc) is 2.70. The van der Waals surface area contributed by atoms with Crippen LogP contribution in [0.15, 0.2) is 24.3 Å². The molecule has 0 saturated carbocycles. The van der Waals surface area contributed by atoms with Crippen LogP contribution in [0.5, 0.6) is 5.75 Å². The molecule has 1 heterocycles. The number of benzene rings is 1. The summed E-state index contributed by atoms with van der Waals surface area (Å²) in [5, 5.41) is 13.7. The van der Waals surface area contributed by atoms with E-state index >= 15 is 0 Å². The molecule has 0 aliphatic heterocycles. The molecule has 5 heteroatoms. The molecule has 0 aliphatic carbocycles. The molecule has 18 heavy (non-hydrogen) atoms. The van der Waals surface area contributed by atoms with Gasteiger partial charge >= 0.3 is 0 Å². The fourth-order valence-corrected chi connectivity index (χ4v) is 1.94. The van der Waals surface area contributed by atoms with E-state index in [0.29, 0.717) is 10.8 Å². The summed E-state index contributed by atoms with van der Waals surface area (Å²) >= 11 is 5.99. The number of nitrogens with zero attached hydrogens (tertiary/aromatic N) is 3. The van der Waals surface area contributed by atoms with Crippen molar-refractivity contribution >= 4 is 11.6 Å². The highest BCUT2D eigenvalue weighted by Gasteiger charge is 2.11. The van der Waals surface area contributed by atoms with Crippen LogP contribution in [0.3, 0.4) is 0 Å². The second-order valence-electron chi connectivity index (χ2n) is 3.84. The molecular weight excluding hydrogens is 250 g/mol. The van der Waals surface area contributed by atoms with Crippen LogP contribution in [0.4, 0.5) is 0 Å². The van der Waals surface area contributed by atoms with E-state index in [1.54, 1.807) is 30.0 Å². The monoisotopic (exact) mass is 261 g/mol. The van der Waals surface area contributed by atoms with Crippen LogP contribution in [0.2, 0.25) is 5.02 Å². The molecule has 0 amide bonds. The van der Waals surface area contributed by atoms with E-state index in [1.807, 2.05) is 13.0 Å². The summed E-state index contributed by atoms with van der Waals surface area (Å²) in [5.74, 6) is 0.689. The van der Waals surface area contributed by atoms with Crippen molar-refractivity contribution in [2.75, 3.05) is 7.11 Å². The van der Waals surface area contributed by atoms with Gasteiger partial charge in [0.05, 0.1) is 25.3 Å². The van der Waals surface area contributed by atoms with Crippen molar-refractivity contribution in [3.05, 3.63) is 40.7 Å². The summed E-state index contributed by atoms with van der Waals surface area (Å²) in [5.41, 5.74) is 2.43. The molecule has 4 nitrogen and oxygen atoms in total. The van der Waals surface area contributed by atoms with E-state index in [0.717, 1.165) is 17.1 Å². The molecule has 1 aromatic carbocycles. The summed E-state index contributed by atoms with van der Waals surface area (Å²) in [6.07, 6.45) is 0.288. The summed E-state index contributed by atoms with van der Waals surface area (Å²) in [6.45, 7) is 1.92. The number of hydrogen-bond acceptors (Lipinski definition) is 3. The normalized spacial score (nSPS) is 10.1. The predicted octanol–water partition coefficient (Wildman–Crippen LogP) is 2.91. The Kier molecular flexibility index (Phi) is 3.54. The van der Waals surface area contributed by atoms with Crippen molar-refractivity contribution in [1.82, 2.24) is 9.78 Å². The smallest absolute Gasteiger partial charge is 0.144 e. The fourth-order valence-electron chi connectivity index (χ4n) is 1.78. The van der Waals surface area contributed by atoms with Crippen molar-refractivity contribution < 1.29 is 4.74 Å². The molecule has 92 valence electrons. The number of halogens is 1. The largest absolute Gasteiger partial charge is 0.494 e. The highest BCUT2D eigenvalue weighted by atomic mass is 35.5. The number of nitriles is 1. The summed E-state index contributed by atoms with van der Waals surface area (Å²) in [7, 11) is 1.60. The topological polar surface area (TPSA) is 50.8 Å². The third kappa shape index (κ3) is 2.31. The molecule has 0 unspecified atom stereocenters. The van der Waals surface area contributed by atoms with Gasteiger partial charge in [-0.15, -0.1) is 0 Å². The molecule has 0 aliphatic rings. The molecular formula is C13H12ClN3O. The van der Waals surface area contributed by atoms with Gasteiger partial charge in [-0.2, -0.15) is 10.4 Å². The Morgan fingerprint density at radius 1 is 1.44 bits per heavy atom. The first-order valence-electron chi connectivity index (χ1n) is 5.42. The van der Waals surface area contributed by atoms with Gasteiger partial charge in [0.15, 0.2) is 0 Å². The van der Waals surface area contributed by atoms with Crippen molar-refractivity contribution in [3.8, 4) is 17.5 Å². The predicted molar refractivity (Wildman–Crippen MR) is 69.2 cm³/mol. The molecule has 0 fully saturated rings. The lowest BCUT2D eigenvalue weighted by molar-refractivity contribution is 0.411. The lowest BCUT2D eigenvalue weighted by Crippen LogP contribution is -2.02. The molecule has 0 saturated heterocycles. The number of ether oxygens (including phenoxy) is 1.